The minimum atomic E-state index is 0.432. The number of nitrogens with one attached hydrogen (secondary N) is 1. The zero-order chi connectivity index (χ0) is 12.6. The molecule has 17 heavy (non-hydrogen) atoms. The highest BCUT2D eigenvalue weighted by Crippen LogP contribution is 2.35. The molecule has 2 heterocycles. The zero-order valence-corrected chi connectivity index (χ0v) is 11.4. The number of hydrogen-bond acceptors (Lipinski definition) is 4. The Hall–Kier alpha value is -0.710. The van der Waals surface area contributed by atoms with Gasteiger partial charge in [0.05, 0.1) is 10.0 Å². The Labute approximate surface area is 111 Å². The standard InChI is InChI=1S/C11H16Cl2N4/c1-6-3-7(2)17(5-6)11-9(13)4-8(12)10(15-11)16-14/h4,6-7H,3,5,14H2,1-2H3,(H,15,16). The Balaban J connectivity index is 2.38. The van der Waals surface area contributed by atoms with Gasteiger partial charge in [-0.1, -0.05) is 30.1 Å². The third kappa shape index (κ3) is 2.44. The Bertz CT molecular complexity index is 424. The van der Waals surface area contributed by atoms with Gasteiger partial charge in [0.2, 0.25) is 0 Å². The minimum absolute atomic E-state index is 0.432. The van der Waals surface area contributed by atoms with Crippen molar-refractivity contribution in [2.45, 2.75) is 26.3 Å². The molecule has 6 heteroatoms. The van der Waals surface area contributed by atoms with Gasteiger partial charge in [0.25, 0.3) is 0 Å². The molecule has 3 N–H and O–H groups in total. The molecule has 1 aliphatic rings. The van der Waals surface area contributed by atoms with Gasteiger partial charge in [-0.2, -0.15) is 0 Å². The number of nitrogen functional groups attached to an aromatic ring is 1. The summed E-state index contributed by atoms with van der Waals surface area (Å²) in [5.41, 5.74) is 2.48. The second-order valence-electron chi connectivity index (χ2n) is 4.61. The summed E-state index contributed by atoms with van der Waals surface area (Å²) in [6, 6.07) is 2.11. The lowest BCUT2D eigenvalue weighted by molar-refractivity contribution is 0.625. The maximum atomic E-state index is 6.19. The highest BCUT2D eigenvalue weighted by Gasteiger charge is 2.29. The van der Waals surface area contributed by atoms with E-state index in [1.165, 1.54) is 0 Å². The highest BCUT2D eigenvalue weighted by atomic mass is 35.5. The van der Waals surface area contributed by atoms with Gasteiger partial charge in [-0.05, 0) is 25.3 Å². The van der Waals surface area contributed by atoms with Gasteiger partial charge in [-0.3, -0.25) is 0 Å². The molecule has 2 unspecified atom stereocenters. The summed E-state index contributed by atoms with van der Waals surface area (Å²) < 4.78 is 0. The fourth-order valence-corrected chi connectivity index (χ4v) is 2.88. The van der Waals surface area contributed by atoms with Crippen LogP contribution in [0.5, 0.6) is 0 Å². The maximum absolute atomic E-state index is 6.19. The Morgan fingerprint density at radius 1 is 1.41 bits per heavy atom. The molecule has 0 radical (unpaired) electrons. The molecule has 1 aromatic rings. The quantitative estimate of drug-likeness (QED) is 0.643. The number of nitrogens with zero attached hydrogens (tertiary/aromatic N) is 2. The molecule has 0 amide bonds. The molecule has 1 aliphatic heterocycles. The molecule has 0 aromatic carbocycles. The number of aromatic nitrogens is 1. The second kappa shape index (κ2) is 4.88. The van der Waals surface area contributed by atoms with Crippen LogP contribution in [0.3, 0.4) is 0 Å². The van der Waals surface area contributed by atoms with E-state index in [-0.39, 0.29) is 0 Å². The monoisotopic (exact) mass is 274 g/mol. The molecule has 1 aromatic heterocycles. The van der Waals surface area contributed by atoms with Gasteiger partial charge in [-0.15, -0.1) is 0 Å². The number of nitrogens with two attached hydrogens (primary N) is 1. The fourth-order valence-electron chi connectivity index (χ4n) is 2.35. The maximum Gasteiger partial charge on any atom is 0.161 e. The lowest BCUT2D eigenvalue weighted by atomic mass is 10.1. The van der Waals surface area contributed by atoms with E-state index >= 15 is 0 Å². The van der Waals surface area contributed by atoms with Crippen LogP contribution in [0, 0.1) is 5.92 Å². The van der Waals surface area contributed by atoms with E-state index in [1.54, 1.807) is 6.07 Å². The van der Waals surface area contributed by atoms with Crippen LogP contribution in [0.4, 0.5) is 11.6 Å². The molecule has 94 valence electrons. The van der Waals surface area contributed by atoms with Crippen molar-refractivity contribution in [2.75, 3.05) is 16.9 Å². The molecule has 0 aliphatic carbocycles. The van der Waals surface area contributed by atoms with E-state index in [9.17, 15) is 0 Å². The van der Waals surface area contributed by atoms with Crippen LogP contribution in [0.15, 0.2) is 6.07 Å². The van der Waals surface area contributed by atoms with Crippen LogP contribution in [-0.2, 0) is 0 Å². The first-order valence-electron chi connectivity index (χ1n) is 5.62. The predicted molar refractivity (Wildman–Crippen MR) is 72.7 cm³/mol. The molecule has 0 saturated carbocycles. The van der Waals surface area contributed by atoms with E-state index in [4.69, 9.17) is 29.0 Å². The van der Waals surface area contributed by atoms with Gasteiger partial charge in [0.1, 0.15) is 5.82 Å². The third-order valence-corrected chi connectivity index (χ3v) is 3.67. The van der Waals surface area contributed by atoms with Gasteiger partial charge in [0.15, 0.2) is 5.82 Å². The third-order valence-electron chi connectivity index (χ3n) is 3.10. The van der Waals surface area contributed by atoms with E-state index in [2.05, 4.69) is 29.2 Å². The first kappa shape index (κ1) is 12.7. The lowest BCUT2D eigenvalue weighted by Gasteiger charge is -2.24. The van der Waals surface area contributed by atoms with Crippen LogP contribution in [0.1, 0.15) is 20.3 Å². The van der Waals surface area contributed by atoms with Gasteiger partial charge in [0, 0.05) is 12.6 Å². The molecule has 1 saturated heterocycles. The van der Waals surface area contributed by atoms with Crippen molar-refractivity contribution in [3.63, 3.8) is 0 Å². The highest BCUT2D eigenvalue weighted by molar-refractivity contribution is 6.37. The first-order chi connectivity index (χ1) is 8.02. The van der Waals surface area contributed by atoms with Crippen LogP contribution in [0.25, 0.3) is 0 Å². The molecular weight excluding hydrogens is 259 g/mol. The summed E-state index contributed by atoms with van der Waals surface area (Å²) >= 11 is 12.2. The molecule has 0 bridgehead atoms. The normalized spacial score (nSPS) is 24.2. The molecular formula is C11H16Cl2N4. The Kier molecular flexibility index (Phi) is 3.66. The van der Waals surface area contributed by atoms with Crippen LogP contribution in [0.2, 0.25) is 10.0 Å². The molecule has 2 rings (SSSR count). The summed E-state index contributed by atoms with van der Waals surface area (Å²) in [6.45, 7) is 5.35. The summed E-state index contributed by atoms with van der Waals surface area (Å²) in [5, 5.41) is 0.996. The number of rotatable bonds is 2. The van der Waals surface area contributed by atoms with Crippen molar-refractivity contribution in [2.24, 2.45) is 11.8 Å². The topological polar surface area (TPSA) is 54.2 Å². The summed E-state index contributed by atoms with van der Waals surface area (Å²) in [6.07, 6.45) is 1.14. The molecule has 1 fully saturated rings. The van der Waals surface area contributed by atoms with Crippen molar-refractivity contribution in [3.05, 3.63) is 16.1 Å². The largest absolute Gasteiger partial charge is 0.352 e. The van der Waals surface area contributed by atoms with Crippen molar-refractivity contribution < 1.29 is 0 Å². The molecule has 4 nitrogen and oxygen atoms in total. The first-order valence-corrected chi connectivity index (χ1v) is 6.37. The average Bonchev–Trinajstić information content (AvgIpc) is 2.58. The van der Waals surface area contributed by atoms with Crippen molar-refractivity contribution >= 4 is 34.8 Å². The molecule has 0 spiro atoms. The van der Waals surface area contributed by atoms with Crippen LogP contribution in [-0.4, -0.2) is 17.6 Å². The zero-order valence-electron chi connectivity index (χ0n) is 9.87. The van der Waals surface area contributed by atoms with Crippen LogP contribution >= 0.6 is 23.2 Å². The Morgan fingerprint density at radius 2 is 2.12 bits per heavy atom. The SMILES string of the molecule is CC1CC(C)N(c2nc(NN)c(Cl)cc2Cl)C1. The van der Waals surface area contributed by atoms with E-state index in [0.717, 1.165) is 18.8 Å². The Morgan fingerprint density at radius 3 is 2.65 bits per heavy atom. The van der Waals surface area contributed by atoms with Gasteiger partial charge < -0.3 is 10.3 Å². The van der Waals surface area contributed by atoms with Crippen molar-refractivity contribution in [3.8, 4) is 0 Å². The van der Waals surface area contributed by atoms with E-state index in [1.807, 2.05) is 0 Å². The summed E-state index contributed by atoms with van der Waals surface area (Å²) in [5.74, 6) is 7.22. The summed E-state index contributed by atoms with van der Waals surface area (Å²) in [7, 11) is 0. The smallest absolute Gasteiger partial charge is 0.161 e. The van der Waals surface area contributed by atoms with E-state index in [0.29, 0.717) is 27.8 Å². The van der Waals surface area contributed by atoms with Gasteiger partial charge in [-0.25, -0.2) is 10.8 Å². The lowest BCUT2D eigenvalue weighted by Crippen LogP contribution is -2.28. The number of pyridine rings is 1. The fraction of sp³-hybridized carbons (Fsp3) is 0.545. The average molecular weight is 275 g/mol. The van der Waals surface area contributed by atoms with Crippen LogP contribution < -0.4 is 16.2 Å². The minimum Gasteiger partial charge on any atom is -0.352 e. The number of hydrogen-bond donors (Lipinski definition) is 2. The second-order valence-corrected chi connectivity index (χ2v) is 5.43. The van der Waals surface area contributed by atoms with Crippen molar-refractivity contribution in [1.82, 2.24) is 4.98 Å². The van der Waals surface area contributed by atoms with E-state index < -0.39 is 0 Å². The van der Waals surface area contributed by atoms with Crippen molar-refractivity contribution in [1.29, 1.82) is 0 Å². The predicted octanol–water partition coefficient (Wildman–Crippen LogP) is 2.91. The summed E-state index contributed by atoms with van der Waals surface area (Å²) in [4.78, 5) is 6.58. The number of halogens is 2. The number of hydrazine groups is 1. The number of anilines is 2. The van der Waals surface area contributed by atoms with Gasteiger partial charge >= 0.3 is 0 Å². The molecule has 2 atom stereocenters.